The van der Waals surface area contributed by atoms with Crippen LogP contribution in [0.5, 0.6) is 0 Å². The molecule has 1 aromatic heterocycles. The van der Waals surface area contributed by atoms with Gasteiger partial charge in [0.2, 0.25) is 5.91 Å². The van der Waals surface area contributed by atoms with Gasteiger partial charge in [0.1, 0.15) is 11.6 Å². The van der Waals surface area contributed by atoms with Gasteiger partial charge in [0.05, 0.1) is 17.5 Å². The van der Waals surface area contributed by atoms with Crippen molar-refractivity contribution in [3.8, 4) is 5.69 Å². The van der Waals surface area contributed by atoms with E-state index in [4.69, 9.17) is 0 Å². The molecule has 1 N–H and O–H groups in total. The zero-order valence-corrected chi connectivity index (χ0v) is 19.7. The van der Waals surface area contributed by atoms with Gasteiger partial charge in [-0.05, 0) is 80.9 Å². The third-order valence-electron chi connectivity index (χ3n) is 5.90. The predicted molar refractivity (Wildman–Crippen MR) is 132 cm³/mol. The number of anilines is 1. The van der Waals surface area contributed by atoms with Crippen molar-refractivity contribution in [3.05, 3.63) is 89.5 Å². The van der Waals surface area contributed by atoms with E-state index in [1.165, 1.54) is 12.1 Å². The number of nitrogens with zero attached hydrogens (tertiary/aromatic N) is 3. The van der Waals surface area contributed by atoms with Crippen LogP contribution in [0.2, 0.25) is 0 Å². The highest BCUT2D eigenvalue weighted by Gasteiger charge is 2.15. The molecule has 0 aliphatic heterocycles. The summed E-state index contributed by atoms with van der Waals surface area (Å²) in [4.78, 5) is 31.5. The number of fused-ring (bicyclic) bond motifs is 1. The maximum Gasteiger partial charge on any atom is 0.255 e. The molecule has 0 radical (unpaired) electrons. The first-order valence-corrected chi connectivity index (χ1v) is 11.1. The van der Waals surface area contributed by atoms with Crippen LogP contribution in [0.4, 0.5) is 10.1 Å². The molecule has 0 fully saturated rings. The number of amides is 2. The Kier molecular flexibility index (Phi) is 6.45. The number of nitrogens with one attached hydrogen (secondary N) is 1. The molecule has 2 amide bonds. The number of carbonyl (C=O) groups excluding carboxylic acids is 2. The Bertz CT molecular complexity index is 1340. The molecular formula is C27H27FN4O2. The van der Waals surface area contributed by atoms with Crippen molar-refractivity contribution in [1.82, 2.24) is 14.5 Å². The van der Waals surface area contributed by atoms with E-state index in [0.29, 0.717) is 17.7 Å². The van der Waals surface area contributed by atoms with Crippen molar-refractivity contribution in [1.29, 1.82) is 0 Å². The second-order valence-corrected chi connectivity index (χ2v) is 8.60. The summed E-state index contributed by atoms with van der Waals surface area (Å²) in [6.07, 6.45) is 0.312. The number of imidazole rings is 1. The number of benzene rings is 3. The molecule has 1 heterocycles. The average molecular weight is 459 g/mol. The van der Waals surface area contributed by atoms with E-state index in [9.17, 15) is 14.0 Å². The molecule has 0 spiro atoms. The summed E-state index contributed by atoms with van der Waals surface area (Å²) >= 11 is 0. The van der Waals surface area contributed by atoms with E-state index < -0.39 is 0 Å². The summed E-state index contributed by atoms with van der Waals surface area (Å²) in [6.45, 7) is 5.82. The van der Waals surface area contributed by atoms with E-state index in [-0.39, 0.29) is 23.7 Å². The summed E-state index contributed by atoms with van der Waals surface area (Å²) in [6, 6.07) is 18.9. The number of likely N-dealkylation sites (N-methyl/N-ethyl adjacent to an activating group) is 1. The lowest BCUT2D eigenvalue weighted by Gasteiger charge is -2.21. The molecule has 6 nitrogen and oxygen atoms in total. The molecular weight excluding hydrogens is 431 g/mol. The lowest BCUT2D eigenvalue weighted by atomic mass is 10.1. The first-order chi connectivity index (χ1) is 16.2. The Balaban J connectivity index is 1.52. The quantitative estimate of drug-likeness (QED) is 0.435. The molecule has 4 aromatic rings. The highest BCUT2D eigenvalue weighted by atomic mass is 19.1. The van der Waals surface area contributed by atoms with Gasteiger partial charge in [-0.1, -0.05) is 12.1 Å². The molecule has 0 bridgehead atoms. The van der Waals surface area contributed by atoms with Crippen LogP contribution in [0, 0.1) is 12.7 Å². The van der Waals surface area contributed by atoms with Gasteiger partial charge in [0, 0.05) is 30.0 Å². The SMILES string of the molecule is Cc1nc2ccc(C(=O)Nc3ccc(CC(=O)N(C)C(C)C)cc3)cc2n1-c1ccc(F)cc1. The van der Waals surface area contributed by atoms with E-state index in [2.05, 4.69) is 10.3 Å². The maximum atomic E-state index is 13.4. The van der Waals surface area contributed by atoms with Gasteiger partial charge in [-0.25, -0.2) is 9.37 Å². The zero-order chi connectivity index (χ0) is 24.4. The lowest BCUT2D eigenvalue weighted by molar-refractivity contribution is -0.130. The molecule has 174 valence electrons. The summed E-state index contributed by atoms with van der Waals surface area (Å²) in [5.74, 6) is 0.226. The van der Waals surface area contributed by atoms with Gasteiger partial charge in [-0.15, -0.1) is 0 Å². The highest BCUT2D eigenvalue weighted by Crippen LogP contribution is 2.23. The molecule has 34 heavy (non-hydrogen) atoms. The monoisotopic (exact) mass is 458 g/mol. The van der Waals surface area contributed by atoms with Gasteiger partial charge in [-0.3, -0.25) is 14.2 Å². The molecule has 0 saturated heterocycles. The third-order valence-corrected chi connectivity index (χ3v) is 5.90. The largest absolute Gasteiger partial charge is 0.343 e. The smallest absolute Gasteiger partial charge is 0.255 e. The van der Waals surface area contributed by atoms with Crippen molar-refractivity contribution in [3.63, 3.8) is 0 Å². The first kappa shape index (κ1) is 23.2. The third kappa shape index (κ3) is 4.83. The Labute approximate surface area is 198 Å². The number of hydrogen-bond donors (Lipinski definition) is 1. The number of aromatic nitrogens is 2. The van der Waals surface area contributed by atoms with Gasteiger partial charge in [0.15, 0.2) is 0 Å². The van der Waals surface area contributed by atoms with Crippen LogP contribution in [-0.4, -0.2) is 39.4 Å². The fourth-order valence-corrected chi connectivity index (χ4v) is 3.75. The fourth-order valence-electron chi connectivity index (χ4n) is 3.75. The van der Waals surface area contributed by atoms with Gasteiger partial charge in [-0.2, -0.15) is 0 Å². The Morgan fingerprint density at radius 2 is 1.71 bits per heavy atom. The number of halogens is 1. The number of hydrogen-bond acceptors (Lipinski definition) is 3. The highest BCUT2D eigenvalue weighted by molar-refractivity contribution is 6.06. The van der Waals surface area contributed by atoms with Gasteiger partial charge in [0.25, 0.3) is 5.91 Å². The van der Waals surface area contributed by atoms with Crippen molar-refractivity contribution in [2.45, 2.75) is 33.2 Å². The molecule has 3 aromatic carbocycles. The summed E-state index contributed by atoms with van der Waals surface area (Å²) in [7, 11) is 1.79. The Morgan fingerprint density at radius 3 is 2.35 bits per heavy atom. The Hall–Kier alpha value is -4.00. The summed E-state index contributed by atoms with van der Waals surface area (Å²) in [5.41, 5.74) is 4.29. The van der Waals surface area contributed by atoms with E-state index in [1.807, 2.05) is 37.5 Å². The van der Waals surface area contributed by atoms with Crippen LogP contribution in [0.25, 0.3) is 16.7 Å². The van der Waals surface area contributed by atoms with Crippen LogP contribution in [0.1, 0.15) is 35.6 Å². The average Bonchev–Trinajstić information content (AvgIpc) is 3.15. The molecule has 0 saturated carbocycles. The topological polar surface area (TPSA) is 67.2 Å². The first-order valence-electron chi connectivity index (χ1n) is 11.1. The van der Waals surface area contributed by atoms with E-state index in [0.717, 1.165) is 28.1 Å². The minimum atomic E-state index is -0.312. The summed E-state index contributed by atoms with van der Waals surface area (Å²) in [5, 5.41) is 2.90. The normalized spacial score (nSPS) is 11.1. The molecule has 0 atom stereocenters. The molecule has 0 aliphatic rings. The predicted octanol–water partition coefficient (Wildman–Crippen LogP) is 5.13. The van der Waals surface area contributed by atoms with Crippen LogP contribution in [0.3, 0.4) is 0 Å². The Morgan fingerprint density at radius 1 is 1.03 bits per heavy atom. The lowest BCUT2D eigenvalue weighted by Crippen LogP contribution is -2.34. The van der Waals surface area contributed by atoms with E-state index in [1.54, 1.807) is 54.4 Å². The van der Waals surface area contributed by atoms with Crippen LogP contribution in [0.15, 0.2) is 66.7 Å². The second-order valence-electron chi connectivity index (χ2n) is 8.60. The molecule has 0 unspecified atom stereocenters. The molecule has 4 rings (SSSR count). The molecule has 0 aliphatic carbocycles. The van der Waals surface area contributed by atoms with Crippen molar-refractivity contribution in [2.24, 2.45) is 0 Å². The molecule has 7 heteroatoms. The minimum absolute atomic E-state index is 0.0492. The standard InChI is InChI=1S/C27H27FN4O2/c1-17(2)31(4)26(33)15-19-5-10-22(11-6-19)30-27(34)20-7-14-24-25(16-20)32(18(3)29-24)23-12-8-21(28)9-13-23/h5-14,16-17H,15H2,1-4H3,(H,30,34). The van der Waals surface area contributed by atoms with Crippen molar-refractivity contribution in [2.75, 3.05) is 12.4 Å². The van der Waals surface area contributed by atoms with Crippen molar-refractivity contribution >= 4 is 28.5 Å². The zero-order valence-electron chi connectivity index (χ0n) is 19.7. The van der Waals surface area contributed by atoms with Crippen LogP contribution >= 0.6 is 0 Å². The van der Waals surface area contributed by atoms with Crippen molar-refractivity contribution < 1.29 is 14.0 Å². The van der Waals surface area contributed by atoms with Crippen LogP contribution < -0.4 is 5.32 Å². The number of carbonyl (C=O) groups is 2. The maximum absolute atomic E-state index is 13.4. The summed E-state index contributed by atoms with van der Waals surface area (Å²) < 4.78 is 15.3. The number of rotatable bonds is 6. The van der Waals surface area contributed by atoms with E-state index >= 15 is 0 Å². The minimum Gasteiger partial charge on any atom is -0.343 e. The second kappa shape index (κ2) is 9.47. The number of aryl methyl sites for hydroxylation is 1. The van der Waals surface area contributed by atoms with Crippen LogP contribution in [-0.2, 0) is 11.2 Å². The van der Waals surface area contributed by atoms with Gasteiger partial charge >= 0.3 is 0 Å². The van der Waals surface area contributed by atoms with Gasteiger partial charge < -0.3 is 10.2 Å². The fraction of sp³-hybridized carbons (Fsp3) is 0.222.